The van der Waals surface area contributed by atoms with Gasteiger partial charge >= 0.3 is 0 Å². The molecule has 0 atom stereocenters. The zero-order valence-corrected chi connectivity index (χ0v) is 8.68. The van der Waals surface area contributed by atoms with Gasteiger partial charge in [-0.2, -0.15) is 5.26 Å². The molecule has 0 aliphatic rings. The van der Waals surface area contributed by atoms with Crippen LogP contribution in [-0.4, -0.2) is 22.8 Å². The lowest BCUT2D eigenvalue weighted by Gasteiger charge is -2.16. The van der Waals surface area contributed by atoms with E-state index >= 15 is 0 Å². The summed E-state index contributed by atoms with van der Waals surface area (Å²) >= 11 is 0. The van der Waals surface area contributed by atoms with Gasteiger partial charge in [-0.05, 0) is 17.7 Å². The number of nitriles is 1. The Kier molecular flexibility index (Phi) is 4.30. The fraction of sp³-hybridized carbons (Fsp3) is 0.364. The first-order valence-electron chi connectivity index (χ1n) is 4.74. The Hall–Kier alpha value is -1.89. The number of hydrogen-bond donors (Lipinski definition) is 0. The summed E-state index contributed by atoms with van der Waals surface area (Å²) in [4.78, 5) is 17.0. The molecule has 0 aromatic carbocycles. The molecule has 4 heteroatoms. The molecular formula is C11H13N3O. The zero-order chi connectivity index (χ0) is 11.1. The SMILES string of the molecule is CN(Cc1ccncc1)C(=O)CCC#N. The number of aromatic nitrogens is 1. The molecule has 78 valence electrons. The van der Waals surface area contributed by atoms with Crippen LogP contribution in [-0.2, 0) is 11.3 Å². The highest BCUT2D eigenvalue weighted by Crippen LogP contribution is 2.03. The number of pyridine rings is 1. The first-order valence-corrected chi connectivity index (χ1v) is 4.74. The molecule has 1 rings (SSSR count). The van der Waals surface area contributed by atoms with Crippen molar-refractivity contribution in [3.63, 3.8) is 0 Å². The van der Waals surface area contributed by atoms with Crippen LogP contribution in [0.5, 0.6) is 0 Å². The van der Waals surface area contributed by atoms with Crippen molar-refractivity contribution < 1.29 is 4.79 Å². The fourth-order valence-corrected chi connectivity index (χ4v) is 1.20. The number of nitrogens with zero attached hydrogens (tertiary/aromatic N) is 3. The second-order valence-corrected chi connectivity index (χ2v) is 3.26. The van der Waals surface area contributed by atoms with Gasteiger partial charge in [-0.1, -0.05) is 0 Å². The number of rotatable bonds is 4. The van der Waals surface area contributed by atoms with E-state index in [1.165, 1.54) is 0 Å². The first-order chi connectivity index (χ1) is 7.24. The largest absolute Gasteiger partial charge is 0.341 e. The number of hydrogen-bond acceptors (Lipinski definition) is 3. The minimum Gasteiger partial charge on any atom is -0.341 e. The van der Waals surface area contributed by atoms with Gasteiger partial charge in [-0.25, -0.2) is 0 Å². The lowest BCUT2D eigenvalue weighted by molar-refractivity contribution is -0.130. The van der Waals surface area contributed by atoms with Crippen LogP contribution in [0.25, 0.3) is 0 Å². The maximum atomic E-state index is 11.5. The lowest BCUT2D eigenvalue weighted by Crippen LogP contribution is -2.25. The van der Waals surface area contributed by atoms with Crippen molar-refractivity contribution in [2.24, 2.45) is 0 Å². The van der Waals surface area contributed by atoms with Gasteiger partial charge in [0.15, 0.2) is 0 Å². The molecule has 0 N–H and O–H groups in total. The normalized spacial score (nSPS) is 9.33. The smallest absolute Gasteiger partial charge is 0.223 e. The van der Waals surface area contributed by atoms with E-state index in [0.29, 0.717) is 6.54 Å². The number of carbonyl (C=O) groups is 1. The van der Waals surface area contributed by atoms with E-state index in [2.05, 4.69) is 4.98 Å². The Morgan fingerprint density at radius 2 is 2.20 bits per heavy atom. The van der Waals surface area contributed by atoms with Crippen LogP contribution in [0.3, 0.4) is 0 Å². The number of amides is 1. The molecule has 0 saturated carbocycles. The summed E-state index contributed by atoms with van der Waals surface area (Å²) in [6.07, 6.45) is 3.96. The topological polar surface area (TPSA) is 57.0 Å². The van der Waals surface area contributed by atoms with Crippen LogP contribution in [0.15, 0.2) is 24.5 Å². The van der Waals surface area contributed by atoms with Gasteiger partial charge in [0, 0.05) is 38.8 Å². The third-order valence-corrected chi connectivity index (χ3v) is 2.05. The Morgan fingerprint density at radius 3 is 2.80 bits per heavy atom. The molecule has 0 spiro atoms. The highest BCUT2D eigenvalue weighted by atomic mass is 16.2. The Morgan fingerprint density at radius 1 is 1.53 bits per heavy atom. The van der Waals surface area contributed by atoms with Crippen LogP contribution in [0.4, 0.5) is 0 Å². The van der Waals surface area contributed by atoms with E-state index in [4.69, 9.17) is 5.26 Å². The quantitative estimate of drug-likeness (QED) is 0.742. The predicted molar refractivity (Wildman–Crippen MR) is 55.6 cm³/mol. The molecule has 1 aromatic rings. The van der Waals surface area contributed by atoms with E-state index in [1.54, 1.807) is 24.3 Å². The molecule has 0 saturated heterocycles. The summed E-state index contributed by atoms with van der Waals surface area (Å²) < 4.78 is 0. The third-order valence-electron chi connectivity index (χ3n) is 2.05. The van der Waals surface area contributed by atoms with E-state index in [9.17, 15) is 4.79 Å². The molecule has 15 heavy (non-hydrogen) atoms. The molecule has 1 amide bonds. The second kappa shape index (κ2) is 5.76. The highest BCUT2D eigenvalue weighted by Gasteiger charge is 2.07. The molecule has 0 bridgehead atoms. The monoisotopic (exact) mass is 203 g/mol. The Labute approximate surface area is 89.2 Å². The zero-order valence-electron chi connectivity index (χ0n) is 8.68. The van der Waals surface area contributed by atoms with Gasteiger partial charge in [0.2, 0.25) is 5.91 Å². The summed E-state index contributed by atoms with van der Waals surface area (Å²) in [5.74, 6) is -0.00615. The summed E-state index contributed by atoms with van der Waals surface area (Å²) in [5.41, 5.74) is 1.04. The second-order valence-electron chi connectivity index (χ2n) is 3.26. The van der Waals surface area contributed by atoms with E-state index in [0.717, 1.165) is 5.56 Å². The van der Waals surface area contributed by atoms with Crippen molar-refractivity contribution in [3.8, 4) is 6.07 Å². The van der Waals surface area contributed by atoms with Crippen molar-refractivity contribution >= 4 is 5.91 Å². The van der Waals surface area contributed by atoms with Gasteiger partial charge in [-0.15, -0.1) is 0 Å². The van der Waals surface area contributed by atoms with Crippen LogP contribution >= 0.6 is 0 Å². The minimum absolute atomic E-state index is 0.00615. The average Bonchev–Trinajstić information content (AvgIpc) is 2.27. The molecule has 0 fully saturated rings. The Bertz CT molecular complexity index is 356. The van der Waals surface area contributed by atoms with E-state index in [-0.39, 0.29) is 18.7 Å². The first kappa shape index (κ1) is 11.2. The molecular weight excluding hydrogens is 190 g/mol. The Balaban J connectivity index is 2.46. The van der Waals surface area contributed by atoms with E-state index < -0.39 is 0 Å². The lowest BCUT2D eigenvalue weighted by atomic mass is 10.2. The van der Waals surface area contributed by atoms with Crippen LogP contribution < -0.4 is 0 Å². The summed E-state index contributed by atoms with van der Waals surface area (Å²) in [6.45, 7) is 0.562. The molecule has 0 aliphatic heterocycles. The highest BCUT2D eigenvalue weighted by molar-refractivity contribution is 5.76. The van der Waals surface area contributed by atoms with Crippen molar-refractivity contribution in [2.45, 2.75) is 19.4 Å². The van der Waals surface area contributed by atoms with Crippen molar-refractivity contribution in [2.75, 3.05) is 7.05 Å². The van der Waals surface area contributed by atoms with Gasteiger partial charge < -0.3 is 4.90 Å². The summed E-state index contributed by atoms with van der Waals surface area (Å²) in [6, 6.07) is 5.70. The third kappa shape index (κ3) is 3.77. The van der Waals surface area contributed by atoms with E-state index in [1.807, 2.05) is 18.2 Å². The van der Waals surface area contributed by atoms with Crippen LogP contribution in [0, 0.1) is 11.3 Å². The maximum absolute atomic E-state index is 11.5. The molecule has 4 nitrogen and oxygen atoms in total. The standard InChI is InChI=1S/C11H13N3O/c1-14(11(15)3-2-6-12)9-10-4-7-13-8-5-10/h4-5,7-8H,2-3,9H2,1H3. The molecule has 0 radical (unpaired) electrons. The molecule has 0 unspecified atom stereocenters. The van der Waals surface area contributed by atoms with Crippen molar-refractivity contribution in [3.05, 3.63) is 30.1 Å². The average molecular weight is 203 g/mol. The number of carbonyl (C=O) groups excluding carboxylic acids is 1. The fourth-order valence-electron chi connectivity index (χ4n) is 1.20. The van der Waals surface area contributed by atoms with Crippen molar-refractivity contribution in [1.82, 2.24) is 9.88 Å². The van der Waals surface area contributed by atoms with Gasteiger partial charge in [0.1, 0.15) is 0 Å². The predicted octanol–water partition coefficient (Wildman–Crippen LogP) is 1.34. The van der Waals surface area contributed by atoms with Gasteiger partial charge in [0.25, 0.3) is 0 Å². The molecule has 1 heterocycles. The van der Waals surface area contributed by atoms with Crippen LogP contribution in [0.2, 0.25) is 0 Å². The summed E-state index contributed by atoms with van der Waals surface area (Å²) in [7, 11) is 1.74. The van der Waals surface area contributed by atoms with Crippen molar-refractivity contribution in [1.29, 1.82) is 5.26 Å². The molecule has 1 aromatic heterocycles. The van der Waals surface area contributed by atoms with Gasteiger partial charge in [-0.3, -0.25) is 9.78 Å². The maximum Gasteiger partial charge on any atom is 0.223 e. The molecule has 0 aliphatic carbocycles. The van der Waals surface area contributed by atoms with Gasteiger partial charge in [0.05, 0.1) is 6.07 Å². The minimum atomic E-state index is -0.00615. The van der Waals surface area contributed by atoms with Crippen LogP contribution in [0.1, 0.15) is 18.4 Å². The summed E-state index contributed by atoms with van der Waals surface area (Å²) in [5, 5.41) is 8.36.